The first-order chi connectivity index (χ1) is 11.2. The number of ether oxygens (including phenoxy) is 3. The van der Waals surface area contributed by atoms with Crippen LogP contribution in [0.15, 0.2) is 0 Å². The number of aliphatic hydroxyl groups excluding tert-OH is 1. The zero-order valence-electron chi connectivity index (χ0n) is 15.5. The maximum atomic E-state index is 11.3. The predicted octanol–water partition coefficient (Wildman–Crippen LogP) is 2.46. The third kappa shape index (κ3) is 4.77. The van der Waals surface area contributed by atoms with E-state index in [0.29, 0.717) is 25.2 Å². The van der Waals surface area contributed by atoms with Crippen LogP contribution in [0, 0.1) is 11.3 Å². The van der Waals surface area contributed by atoms with Gasteiger partial charge in [0.05, 0.1) is 19.3 Å². The summed E-state index contributed by atoms with van der Waals surface area (Å²) in [5.41, 5.74) is -0.738. The van der Waals surface area contributed by atoms with Crippen molar-refractivity contribution >= 4 is 12.3 Å². The minimum absolute atomic E-state index is 0.0445. The van der Waals surface area contributed by atoms with Gasteiger partial charge in [-0.3, -0.25) is 4.79 Å². The molecular weight excluding hydrogens is 312 g/mol. The van der Waals surface area contributed by atoms with Crippen molar-refractivity contribution in [3.05, 3.63) is 0 Å². The van der Waals surface area contributed by atoms with Crippen molar-refractivity contribution in [2.75, 3.05) is 14.2 Å². The van der Waals surface area contributed by atoms with Crippen LogP contribution < -0.4 is 0 Å². The summed E-state index contributed by atoms with van der Waals surface area (Å²) in [4.78, 5) is 22.1. The zero-order chi connectivity index (χ0) is 18.4. The lowest BCUT2D eigenvalue weighted by Gasteiger charge is -2.52. The molecule has 6 nitrogen and oxygen atoms in total. The van der Waals surface area contributed by atoms with E-state index in [4.69, 9.17) is 9.47 Å². The Morgan fingerprint density at radius 3 is 2.67 bits per heavy atom. The van der Waals surface area contributed by atoms with Crippen LogP contribution in [0.3, 0.4) is 0 Å². The highest BCUT2D eigenvalue weighted by atomic mass is 16.7. The number of rotatable bonds is 9. The van der Waals surface area contributed by atoms with Gasteiger partial charge in [0.2, 0.25) is 0 Å². The highest BCUT2D eigenvalue weighted by Gasteiger charge is 2.54. The molecule has 0 bridgehead atoms. The second-order valence-electron chi connectivity index (χ2n) is 7.35. The molecule has 1 N–H and O–H groups in total. The Labute approximate surface area is 144 Å². The maximum absolute atomic E-state index is 11.3. The number of hydrogen-bond acceptors (Lipinski definition) is 6. The summed E-state index contributed by atoms with van der Waals surface area (Å²) in [5.74, 6) is -0.827. The van der Waals surface area contributed by atoms with E-state index in [1.165, 1.54) is 7.11 Å². The third-order valence-corrected chi connectivity index (χ3v) is 5.24. The van der Waals surface area contributed by atoms with E-state index in [1.807, 2.05) is 13.8 Å². The smallest absolute Gasteiger partial charge is 0.305 e. The highest BCUT2D eigenvalue weighted by Crippen LogP contribution is 2.48. The molecule has 0 radical (unpaired) electrons. The van der Waals surface area contributed by atoms with Crippen molar-refractivity contribution in [3.63, 3.8) is 0 Å². The molecule has 0 spiro atoms. The van der Waals surface area contributed by atoms with Gasteiger partial charge in [-0.15, -0.1) is 0 Å². The number of aliphatic hydroxyl groups is 1. The lowest BCUT2D eigenvalue weighted by atomic mass is 9.71. The molecule has 140 valence electrons. The van der Waals surface area contributed by atoms with Crippen molar-refractivity contribution in [3.8, 4) is 0 Å². The SMILES string of the molecule is COC(=O)CCC[C@H]1C[C@@H](C)C[C@@](OC)(C(C)(C)[C@@H](O)CC=O)O1. The monoisotopic (exact) mass is 344 g/mol. The lowest BCUT2D eigenvalue weighted by molar-refractivity contribution is -0.341. The summed E-state index contributed by atoms with van der Waals surface area (Å²) < 4.78 is 16.7. The number of carbonyl (C=O) groups is 2. The molecule has 1 aliphatic heterocycles. The molecule has 4 atom stereocenters. The average molecular weight is 344 g/mol. The normalized spacial score (nSPS) is 29.1. The van der Waals surface area contributed by atoms with Crippen molar-refractivity contribution < 1.29 is 28.9 Å². The molecule has 0 aromatic carbocycles. The molecule has 0 amide bonds. The Morgan fingerprint density at radius 1 is 1.46 bits per heavy atom. The van der Waals surface area contributed by atoms with Crippen LogP contribution in [-0.2, 0) is 23.8 Å². The van der Waals surface area contributed by atoms with Gasteiger partial charge < -0.3 is 24.1 Å². The van der Waals surface area contributed by atoms with E-state index >= 15 is 0 Å². The molecule has 0 aromatic heterocycles. The molecule has 0 unspecified atom stereocenters. The fourth-order valence-electron chi connectivity index (χ4n) is 3.56. The number of methoxy groups -OCH3 is 2. The van der Waals surface area contributed by atoms with Gasteiger partial charge in [0.1, 0.15) is 6.29 Å². The molecule has 1 saturated heterocycles. The molecule has 6 heteroatoms. The molecule has 1 rings (SSSR count). The Balaban J connectivity index is 2.85. The first-order valence-corrected chi connectivity index (χ1v) is 8.64. The zero-order valence-corrected chi connectivity index (χ0v) is 15.5. The highest BCUT2D eigenvalue weighted by molar-refractivity contribution is 5.68. The second kappa shape index (κ2) is 8.92. The second-order valence-corrected chi connectivity index (χ2v) is 7.35. The van der Waals surface area contributed by atoms with Gasteiger partial charge in [0, 0.05) is 31.8 Å². The van der Waals surface area contributed by atoms with Gasteiger partial charge in [-0.2, -0.15) is 0 Å². The van der Waals surface area contributed by atoms with Gasteiger partial charge in [0.25, 0.3) is 0 Å². The van der Waals surface area contributed by atoms with E-state index in [1.54, 1.807) is 7.11 Å². The Morgan fingerprint density at radius 2 is 2.12 bits per heavy atom. The lowest BCUT2D eigenvalue weighted by Crippen LogP contribution is -2.59. The van der Waals surface area contributed by atoms with Gasteiger partial charge in [-0.1, -0.05) is 20.8 Å². The quantitative estimate of drug-likeness (QED) is 0.511. The number of aldehydes is 1. The fraction of sp³-hybridized carbons (Fsp3) is 0.889. The minimum atomic E-state index is -0.955. The minimum Gasteiger partial charge on any atom is -0.469 e. The molecule has 0 aromatic rings. The van der Waals surface area contributed by atoms with Crippen LogP contribution in [0.2, 0.25) is 0 Å². The van der Waals surface area contributed by atoms with E-state index < -0.39 is 17.3 Å². The molecular formula is C18H32O6. The van der Waals surface area contributed by atoms with Crippen LogP contribution in [-0.4, -0.2) is 49.6 Å². The first kappa shape index (κ1) is 21.1. The third-order valence-electron chi connectivity index (χ3n) is 5.24. The van der Waals surface area contributed by atoms with Gasteiger partial charge >= 0.3 is 5.97 Å². The van der Waals surface area contributed by atoms with Crippen molar-refractivity contribution in [2.45, 2.75) is 77.3 Å². The van der Waals surface area contributed by atoms with Crippen molar-refractivity contribution in [1.29, 1.82) is 0 Å². The predicted molar refractivity (Wildman–Crippen MR) is 89.3 cm³/mol. The van der Waals surface area contributed by atoms with Crippen LogP contribution >= 0.6 is 0 Å². The number of hydrogen-bond donors (Lipinski definition) is 1. The van der Waals surface area contributed by atoms with Crippen molar-refractivity contribution in [1.82, 2.24) is 0 Å². The van der Waals surface area contributed by atoms with Crippen LogP contribution in [0.25, 0.3) is 0 Å². The summed E-state index contributed by atoms with van der Waals surface area (Å²) in [6.45, 7) is 5.87. The standard InChI is InChI=1S/C18H32O6/c1-13-11-14(7-6-8-16(21)22-4)24-18(12-13,23-5)17(2,3)15(20)9-10-19/h10,13-15,20H,6-9,11-12H2,1-5H3/t13-,14+,15+,18+/m1/s1. The summed E-state index contributed by atoms with van der Waals surface area (Å²) in [6, 6.07) is 0. The van der Waals surface area contributed by atoms with Gasteiger partial charge in [-0.25, -0.2) is 0 Å². The summed E-state index contributed by atoms with van der Waals surface area (Å²) in [7, 11) is 2.97. The molecule has 1 heterocycles. The molecule has 24 heavy (non-hydrogen) atoms. The van der Waals surface area contributed by atoms with Gasteiger partial charge in [-0.05, 0) is 25.2 Å². The molecule has 0 saturated carbocycles. The van der Waals surface area contributed by atoms with E-state index in [0.717, 1.165) is 19.1 Å². The van der Waals surface area contributed by atoms with Gasteiger partial charge in [0.15, 0.2) is 5.79 Å². The number of carbonyl (C=O) groups excluding carboxylic acids is 2. The van der Waals surface area contributed by atoms with Crippen molar-refractivity contribution in [2.24, 2.45) is 11.3 Å². The summed E-state index contributed by atoms with van der Waals surface area (Å²) in [6.07, 6.45) is 3.16. The largest absolute Gasteiger partial charge is 0.469 e. The Hall–Kier alpha value is -0.980. The average Bonchev–Trinajstić information content (AvgIpc) is 2.53. The van der Waals surface area contributed by atoms with E-state index in [2.05, 4.69) is 11.7 Å². The molecule has 1 aliphatic rings. The van der Waals surface area contributed by atoms with Crippen LogP contribution in [0.1, 0.15) is 59.3 Å². The topological polar surface area (TPSA) is 82.1 Å². The summed E-state index contributed by atoms with van der Waals surface area (Å²) >= 11 is 0. The molecule has 0 aliphatic carbocycles. The Kier molecular flexibility index (Phi) is 7.83. The Bertz CT molecular complexity index is 422. The van der Waals surface area contributed by atoms with E-state index in [-0.39, 0.29) is 18.5 Å². The fourth-order valence-corrected chi connectivity index (χ4v) is 3.56. The molecule has 1 fully saturated rings. The van der Waals surface area contributed by atoms with Crippen LogP contribution in [0.5, 0.6) is 0 Å². The van der Waals surface area contributed by atoms with E-state index in [9.17, 15) is 14.7 Å². The van der Waals surface area contributed by atoms with Crippen LogP contribution in [0.4, 0.5) is 0 Å². The maximum Gasteiger partial charge on any atom is 0.305 e. The number of esters is 1. The summed E-state index contributed by atoms with van der Waals surface area (Å²) in [5, 5.41) is 10.4. The first-order valence-electron chi connectivity index (χ1n) is 8.64.